The first-order chi connectivity index (χ1) is 12.0. The van der Waals surface area contributed by atoms with Gasteiger partial charge in [0, 0.05) is 37.8 Å². The minimum Gasteiger partial charge on any atom is -0.336 e. The van der Waals surface area contributed by atoms with E-state index in [1.165, 1.54) is 11.6 Å². The highest BCUT2D eigenvalue weighted by molar-refractivity contribution is 5.94. The fourth-order valence-electron chi connectivity index (χ4n) is 3.24. The van der Waals surface area contributed by atoms with Crippen molar-refractivity contribution in [1.29, 1.82) is 0 Å². The van der Waals surface area contributed by atoms with Gasteiger partial charge in [-0.1, -0.05) is 30.3 Å². The van der Waals surface area contributed by atoms with E-state index in [1.807, 2.05) is 18.2 Å². The number of amides is 1. The maximum Gasteiger partial charge on any atom is 0.254 e. The second-order valence-corrected chi connectivity index (χ2v) is 6.50. The Labute approximate surface area is 146 Å². The van der Waals surface area contributed by atoms with Crippen LogP contribution in [0, 0.1) is 11.6 Å². The minimum absolute atomic E-state index is 0.198. The summed E-state index contributed by atoms with van der Waals surface area (Å²) in [6.45, 7) is 5.00. The third-order valence-corrected chi connectivity index (χ3v) is 4.75. The van der Waals surface area contributed by atoms with E-state index in [0.717, 1.165) is 31.6 Å². The van der Waals surface area contributed by atoms with E-state index < -0.39 is 11.6 Å². The first kappa shape index (κ1) is 17.5. The molecule has 1 saturated heterocycles. The first-order valence-corrected chi connectivity index (χ1v) is 8.57. The molecule has 0 spiro atoms. The number of carbonyl (C=O) groups excluding carboxylic acids is 1. The summed E-state index contributed by atoms with van der Waals surface area (Å²) in [5.41, 5.74) is 1.50. The van der Waals surface area contributed by atoms with Crippen molar-refractivity contribution in [3.8, 4) is 0 Å². The molecule has 1 heterocycles. The fraction of sp³-hybridized carbons (Fsp3) is 0.350. The highest BCUT2D eigenvalue weighted by Crippen LogP contribution is 2.16. The number of benzene rings is 2. The van der Waals surface area contributed by atoms with Crippen molar-refractivity contribution in [3.05, 3.63) is 71.3 Å². The highest BCUT2D eigenvalue weighted by Gasteiger charge is 2.27. The molecule has 3 rings (SSSR count). The number of hydrogen-bond acceptors (Lipinski definition) is 2. The largest absolute Gasteiger partial charge is 0.336 e. The lowest BCUT2D eigenvalue weighted by molar-refractivity contribution is 0.0517. The molecule has 0 N–H and O–H groups in total. The zero-order valence-electron chi connectivity index (χ0n) is 14.3. The third kappa shape index (κ3) is 4.23. The summed E-state index contributed by atoms with van der Waals surface area (Å²) >= 11 is 0. The lowest BCUT2D eigenvalue weighted by Gasteiger charge is -2.40. The zero-order chi connectivity index (χ0) is 17.8. The van der Waals surface area contributed by atoms with Gasteiger partial charge < -0.3 is 4.90 Å². The van der Waals surface area contributed by atoms with Crippen molar-refractivity contribution in [2.24, 2.45) is 0 Å². The second kappa shape index (κ2) is 7.74. The van der Waals surface area contributed by atoms with Crippen LogP contribution in [0.15, 0.2) is 48.5 Å². The number of nitrogens with zero attached hydrogens (tertiary/aromatic N) is 2. The van der Waals surface area contributed by atoms with Crippen molar-refractivity contribution in [3.63, 3.8) is 0 Å². The molecule has 0 aliphatic carbocycles. The molecule has 0 aromatic heterocycles. The molecule has 1 amide bonds. The van der Waals surface area contributed by atoms with Gasteiger partial charge in [-0.05, 0) is 37.1 Å². The normalized spacial score (nSPS) is 18.4. The highest BCUT2D eigenvalue weighted by atomic mass is 19.2. The molecule has 0 bridgehead atoms. The maximum atomic E-state index is 13.4. The molecule has 0 radical (unpaired) electrons. The van der Waals surface area contributed by atoms with Gasteiger partial charge in [0.25, 0.3) is 5.91 Å². The second-order valence-electron chi connectivity index (χ2n) is 6.50. The Balaban J connectivity index is 1.57. The number of piperazine rings is 1. The summed E-state index contributed by atoms with van der Waals surface area (Å²) in [6.07, 6.45) is 0.975. The van der Waals surface area contributed by atoms with Gasteiger partial charge in [-0.25, -0.2) is 8.78 Å². The van der Waals surface area contributed by atoms with Crippen LogP contribution in [0.5, 0.6) is 0 Å². The summed E-state index contributed by atoms with van der Waals surface area (Å²) in [5, 5.41) is 0. The minimum atomic E-state index is -0.986. The van der Waals surface area contributed by atoms with Crippen molar-refractivity contribution in [2.75, 3.05) is 26.2 Å². The van der Waals surface area contributed by atoms with Gasteiger partial charge in [0.15, 0.2) is 11.6 Å². The van der Waals surface area contributed by atoms with Crippen LogP contribution in [0.1, 0.15) is 22.8 Å². The van der Waals surface area contributed by atoms with Crippen molar-refractivity contribution < 1.29 is 13.6 Å². The number of rotatable bonds is 4. The molecule has 5 heteroatoms. The summed E-state index contributed by atoms with van der Waals surface area (Å²) in [4.78, 5) is 16.6. The Kier molecular flexibility index (Phi) is 5.43. The molecule has 1 aliphatic rings. The molecule has 3 nitrogen and oxygen atoms in total. The lowest BCUT2D eigenvalue weighted by Crippen LogP contribution is -2.54. The Morgan fingerprint density at radius 3 is 2.52 bits per heavy atom. The Morgan fingerprint density at radius 1 is 1.08 bits per heavy atom. The molecule has 2 aromatic carbocycles. The van der Waals surface area contributed by atoms with E-state index in [4.69, 9.17) is 0 Å². The van der Waals surface area contributed by atoms with Crippen molar-refractivity contribution >= 4 is 5.91 Å². The molecule has 1 unspecified atom stereocenters. The summed E-state index contributed by atoms with van der Waals surface area (Å²) in [7, 11) is 0. The van der Waals surface area contributed by atoms with Crippen molar-refractivity contribution in [2.45, 2.75) is 19.4 Å². The van der Waals surface area contributed by atoms with Crippen LogP contribution in [-0.2, 0) is 6.42 Å². The predicted octanol–water partition coefficient (Wildman–Crippen LogP) is 3.35. The third-order valence-electron chi connectivity index (χ3n) is 4.75. The van der Waals surface area contributed by atoms with Gasteiger partial charge in [-0.2, -0.15) is 0 Å². The standard InChI is InChI=1S/C20H22F2N2O/c1-15-14-24(20(25)17-7-8-18(21)19(22)13-17)12-11-23(15)10-9-16-5-3-2-4-6-16/h2-8,13,15H,9-12,14H2,1H3. The molecule has 2 aromatic rings. The van der Waals surface area contributed by atoms with E-state index in [9.17, 15) is 13.6 Å². The lowest BCUT2D eigenvalue weighted by atomic mass is 10.1. The van der Waals surface area contributed by atoms with Crippen LogP contribution in [0.25, 0.3) is 0 Å². The van der Waals surface area contributed by atoms with Gasteiger partial charge >= 0.3 is 0 Å². The molecule has 132 valence electrons. The number of hydrogen-bond donors (Lipinski definition) is 0. The van der Waals surface area contributed by atoms with Crippen LogP contribution in [-0.4, -0.2) is 47.9 Å². The average Bonchev–Trinajstić information content (AvgIpc) is 2.63. The number of carbonyl (C=O) groups is 1. The Hall–Kier alpha value is -2.27. The summed E-state index contributed by atoms with van der Waals surface area (Å²) in [6, 6.07) is 13.9. The smallest absolute Gasteiger partial charge is 0.254 e. The van der Waals surface area contributed by atoms with Crippen LogP contribution in [0.3, 0.4) is 0 Å². The Bertz CT molecular complexity index is 736. The Morgan fingerprint density at radius 2 is 1.84 bits per heavy atom. The maximum absolute atomic E-state index is 13.4. The molecule has 1 atom stereocenters. The van der Waals surface area contributed by atoms with Gasteiger partial charge in [0.1, 0.15) is 0 Å². The quantitative estimate of drug-likeness (QED) is 0.849. The topological polar surface area (TPSA) is 23.6 Å². The van der Waals surface area contributed by atoms with E-state index in [1.54, 1.807) is 4.90 Å². The number of halogens is 2. The van der Waals surface area contributed by atoms with Crippen LogP contribution in [0.2, 0.25) is 0 Å². The van der Waals surface area contributed by atoms with Crippen molar-refractivity contribution in [1.82, 2.24) is 9.80 Å². The van der Waals surface area contributed by atoms with Gasteiger partial charge in [0.05, 0.1) is 0 Å². The van der Waals surface area contributed by atoms with Gasteiger partial charge in [-0.3, -0.25) is 9.69 Å². The van der Waals surface area contributed by atoms with Crippen LogP contribution < -0.4 is 0 Å². The SMILES string of the molecule is CC1CN(C(=O)c2ccc(F)c(F)c2)CCN1CCc1ccccc1. The molecular formula is C20H22F2N2O. The molecular weight excluding hydrogens is 322 g/mol. The van der Waals surface area contributed by atoms with E-state index >= 15 is 0 Å². The van der Waals surface area contributed by atoms with E-state index in [0.29, 0.717) is 13.1 Å². The summed E-state index contributed by atoms with van der Waals surface area (Å²) < 4.78 is 26.4. The molecule has 25 heavy (non-hydrogen) atoms. The van der Waals surface area contributed by atoms with Gasteiger partial charge in [0.2, 0.25) is 0 Å². The molecule has 1 aliphatic heterocycles. The average molecular weight is 344 g/mol. The molecule has 1 fully saturated rings. The predicted molar refractivity (Wildman–Crippen MR) is 93.4 cm³/mol. The van der Waals surface area contributed by atoms with E-state index in [-0.39, 0.29) is 17.5 Å². The first-order valence-electron chi connectivity index (χ1n) is 8.57. The van der Waals surface area contributed by atoms with Gasteiger partial charge in [-0.15, -0.1) is 0 Å². The van der Waals surface area contributed by atoms with Crippen LogP contribution >= 0.6 is 0 Å². The van der Waals surface area contributed by atoms with Crippen LogP contribution in [0.4, 0.5) is 8.78 Å². The van der Waals surface area contributed by atoms with E-state index in [2.05, 4.69) is 24.0 Å². The monoisotopic (exact) mass is 344 g/mol. The molecule has 0 saturated carbocycles. The fourth-order valence-corrected chi connectivity index (χ4v) is 3.24. The zero-order valence-corrected chi connectivity index (χ0v) is 14.3. The summed E-state index contributed by atoms with van der Waals surface area (Å²) in [5.74, 6) is -2.16.